The SMILES string of the molecule is CCc1cccnc1CNC1CCOC(C)(CC)C1. The molecule has 0 aliphatic carbocycles. The Morgan fingerprint density at radius 3 is 3.05 bits per heavy atom. The van der Waals surface area contributed by atoms with Crippen molar-refractivity contribution in [2.75, 3.05) is 6.61 Å². The van der Waals surface area contributed by atoms with E-state index in [4.69, 9.17) is 4.74 Å². The highest BCUT2D eigenvalue weighted by molar-refractivity contribution is 5.19. The van der Waals surface area contributed by atoms with Crippen LogP contribution in [-0.2, 0) is 17.7 Å². The molecule has 0 radical (unpaired) electrons. The Morgan fingerprint density at radius 1 is 1.47 bits per heavy atom. The summed E-state index contributed by atoms with van der Waals surface area (Å²) in [6.07, 6.45) is 6.21. The molecule has 0 bridgehead atoms. The zero-order chi connectivity index (χ0) is 13.7. The lowest BCUT2D eigenvalue weighted by atomic mass is 9.90. The molecule has 3 nitrogen and oxygen atoms in total. The minimum atomic E-state index is 0.0492. The average Bonchev–Trinajstić information content (AvgIpc) is 2.45. The number of nitrogens with one attached hydrogen (secondary N) is 1. The topological polar surface area (TPSA) is 34.2 Å². The summed E-state index contributed by atoms with van der Waals surface area (Å²) in [7, 11) is 0. The van der Waals surface area contributed by atoms with Gasteiger partial charge in [0.25, 0.3) is 0 Å². The Labute approximate surface area is 116 Å². The normalized spacial score (nSPS) is 27.4. The van der Waals surface area contributed by atoms with Crippen LogP contribution >= 0.6 is 0 Å². The fraction of sp³-hybridized carbons (Fsp3) is 0.688. The number of aryl methyl sites for hydroxylation is 1. The number of hydrogen-bond acceptors (Lipinski definition) is 3. The van der Waals surface area contributed by atoms with Gasteiger partial charge in [0, 0.05) is 25.4 Å². The van der Waals surface area contributed by atoms with E-state index in [1.165, 1.54) is 11.3 Å². The minimum absolute atomic E-state index is 0.0492. The third-order valence-electron chi connectivity index (χ3n) is 4.27. The van der Waals surface area contributed by atoms with Crippen molar-refractivity contribution in [2.24, 2.45) is 0 Å². The molecule has 1 N–H and O–H groups in total. The van der Waals surface area contributed by atoms with Crippen LogP contribution < -0.4 is 5.32 Å². The third-order valence-corrected chi connectivity index (χ3v) is 4.27. The van der Waals surface area contributed by atoms with Crippen molar-refractivity contribution in [3.8, 4) is 0 Å². The van der Waals surface area contributed by atoms with Gasteiger partial charge in [-0.2, -0.15) is 0 Å². The number of hydrogen-bond donors (Lipinski definition) is 1. The van der Waals surface area contributed by atoms with Gasteiger partial charge >= 0.3 is 0 Å². The summed E-state index contributed by atoms with van der Waals surface area (Å²) in [6, 6.07) is 4.74. The highest BCUT2D eigenvalue weighted by Crippen LogP contribution is 2.27. The summed E-state index contributed by atoms with van der Waals surface area (Å²) in [5, 5.41) is 3.66. The quantitative estimate of drug-likeness (QED) is 0.885. The van der Waals surface area contributed by atoms with Crippen LogP contribution in [0.3, 0.4) is 0 Å². The molecular weight excluding hydrogens is 236 g/mol. The van der Waals surface area contributed by atoms with Gasteiger partial charge in [-0.05, 0) is 44.2 Å². The van der Waals surface area contributed by atoms with E-state index < -0.39 is 0 Å². The molecule has 0 spiro atoms. The van der Waals surface area contributed by atoms with Crippen LogP contribution in [0.15, 0.2) is 18.3 Å². The molecular formula is C16H26N2O. The molecule has 1 aliphatic rings. The van der Waals surface area contributed by atoms with Crippen molar-refractivity contribution >= 4 is 0 Å². The molecule has 3 heteroatoms. The van der Waals surface area contributed by atoms with Gasteiger partial charge in [-0.25, -0.2) is 0 Å². The van der Waals surface area contributed by atoms with Crippen LogP contribution in [0, 0.1) is 0 Å². The molecule has 1 aromatic rings. The standard InChI is InChI=1S/C16H26N2O/c1-4-13-7-6-9-17-15(13)12-18-14-8-10-19-16(3,5-2)11-14/h6-7,9,14,18H,4-5,8,10-12H2,1-3H3. The summed E-state index contributed by atoms with van der Waals surface area (Å²) in [4.78, 5) is 4.50. The maximum atomic E-state index is 5.89. The molecule has 106 valence electrons. The number of ether oxygens (including phenoxy) is 1. The predicted molar refractivity (Wildman–Crippen MR) is 78.1 cm³/mol. The average molecular weight is 262 g/mol. The van der Waals surface area contributed by atoms with E-state index in [-0.39, 0.29) is 5.60 Å². The molecule has 19 heavy (non-hydrogen) atoms. The second-order valence-corrected chi connectivity index (χ2v) is 5.69. The lowest BCUT2D eigenvalue weighted by molar-refractivity contribution is -0.0781. The molecule has 0 saturated carbocycles. The van der Waals surface area contributed by atoms with Crippen molar-refractivity contribution in [3.63, 3.8) is 0 Å². The van der Waals surface area contributed by atoms with Crippen molar-refractivity contribution in [1.82, 2.24) is 10.3 Å². The zero-order valence-electron chi connectivity index (χ0n) is 12.4. The van der Waals surface area contributed by atoms with Gasteiger partial charge in [-0.15, -0.1) is 0 Å². The second kappa shape index (κ2) is 6.49. The number of rotatable bonds is 5. The summed E-state index contributed by atoms with van der Waals surface area (Å²) in [5.74, 6) is 0. The highest BCUT2D eigenvalue weighted by Gasteiger charge is 2.31. The van der Waals surface area contributed by atoms with Crippen molar-refractivity contribution in [3.05, 3.63) is 29.6 Å². The summed E-state index contributed by atoms with van der Waals surface area (Å²) in [6.45, 7) is 8.35. The first-order chi connectivity index (χ1) is 9.17. The van der Waals surface area contributed by atoms with Gasteiger partial charge in [0.1, 0.15) is 0 Å². The number of nitrogens with zero attached hydrogens (tertiary/aromatic N) is 1. The third kappa shape index (κ3) is 3.77. The Kier molecular flexibility index (Phi) is 4.94. The Morgan fingerprint density at radius 2 is 2.32 bits per heavy atom. The largest absolute Gasteiger partial charge is 0.375 e. The molecule has 2 heterocycles. The van der Waals surface area contributed by atoms with Crippen LogP contribution in [0.1, 0.15) is 51.3 Å². The van der Waals surface area contributed by atoms with Crippen LogP contribution in [0.25, 0.3) is 0 Å². The van der Waals surface area contributed by atoms with Crippen molar-refractivity contribution in [1.29, 1.82) is 0 Å². The first-order valence-electron chi connectivity index (χ1n) is 7.47. The smallest absolute Gasteiger partial charge is 0.0666 e. The predicted octanol–water partition coefficient (Wildman–Crippen LogP) is 3.08. The van der Waals surface area contributed by atoms with E-state index in [1.54, 1.807) is 0 Å². The van der Waals surface area contributed by atoms with Gasteiger partial charge < -0.3 is 10.1 Å². The van der Waals surface area contributed by atoms with E-state index in [1.807, 2.05) is 12.3 Å². The maximum Gasteiger partial charge on any atom is 0.0666 e. The van der Waals surface area contributed by atoms with Crippen molar-refractivity contribution < 1.29 is 4.74 Å². The number of pyridine rings is 1. The van der Waals surface area contributed by atoms with Gasteiger partial charge in [0.15, 0.2) is 0 Å². The summed E-state index contributed by atoms with van der Waals surface area (Å²) < 4.78 is 5.89. The molecule has 1 aliphatic heterocycles. The first kappa shape index (κ1) is 14.5. The minimum Gasteiger partial charge on any atom is -0.375 e. The molecule has 2 atom stereocenters. The Bertz CT molecular complexity index is 407. The van der Waals surface area contributed by atoms with Crippen LogP contribution in [0.2, 0.25) is 0 Å². The van der Waals surface area contributed by atoms with E-state index in [0.29, 0.717) is 6.04 Å². The molecule has 0 amide bonds. The fourth-order valence-electron chi connectivity index (χ4n) is 2.74. The Balaban J connectivity index is 1.91. The van der Waals surface area contributed by atoms with E-state index in [9.17, 15) is 0 Å². The van der Waals surface area contributed by atoms with E-state index in [2.05, 4.69) is 37.1 Å². The molecule has 2 rings (SSSR count). The van der Waals surface area contributed by atoms with E-state index >= 15 is 0 Å². The van der Waals surface area contributed by atoms with Gasteiger partial charge in [0.05, 0.1) is 11.3 Å². The lowest BCUT2D eigenvalue weighted by Gasteiger charge is -2.38. The Hall–Kier alpha value is -0.930. The van der Waals surface area contributed by atoms with Crippen LogP contribution in [0.5, 0.6) is 0 Å². The monoisotopic (exact) mass is 262 g/mol. The zero-order valence-corrected chi connectivity index (χ0v) is 12.4. The van der Waals surface area contributed by atoms with E-state index in [0.717, 1.165) is 38.8 Å². The molecule has 0 aromatic carbocycles. The molecule has 1 aromatic heterocycles. The highest BCUT2D eigenvalue weighted by atomic mass is 16.5. The van der Waals surface area contributed by atoms with Gasteiger partial charge in [-0.3, -0.25) is 4.98 Å². The fourth-order valence-corrected chi connectivity index (χ4v) is 2.74. The summed E-state index contributed by atoms with van der Waals surface area (Å²) >= 11 is 0. The summed E-state index contributed by atoms with van der Waals surface area (Å²) in [5.41, 5.74) is 2.59. The van der Waals surface area contributed by atoms with Crippen LogP contribution in [0.4, 0.5) is 0 Å². The second-order valence-electron chi connectivity index (χ2n) is 5.69. The maximum absolute atomic E-state index is 5.89. The van der Waals surface area contributed by atoms with Crippen molar-refractivity contribution in [2.45, 2.75) is 64.6 Å². The van der Waals surface area contributed by atoms with Crippen LogP contribution in [-0.4, -0.2) is 23.2 Å². The molecule has 1 fully saturated rings. The molecule has 1 saturated heterocycles. The first-order valence-corrected chi connectivity index (χ1v) is 7.47. The molecule has 2 unspecified atom stereocenters. The van der Waals surface area contributed by atoms with Gasteiger partial charge in [0.2, 0.25) is 0 Å². The number of aromatic nitrogens is 1. The lowest BCUT2D eigenvalue weighted by Crippen LogP contribution is -2.44. The van der Waals surface area contributed by atoms with Gasteiger partial charge in [-0.1, -0.05) is 19.9 Å².